The van der Waals surface area contributed by atoms with Crippen LogP contribution in [0.25, 0.3) is 5.65 Å². The third-order valence-electron chi connectivity index (χ3n) is 5.12. The number of piperidine rings is 1. The molecule has 0 spiro atoms. The van der Waals surface area contributed by atoms with Crippen LogP contribution < -0.4 is 15.6 Å². The fraction of sp³-hybridized carbons (Fsp3) is 0.364. The van der Waals surface area contributed by atoms with Crippen molar-refractivity contribution in [2.24, 2.45) is 0 Å². The van der Waals surface area contributed by atoms with Crippen molar-refractivity contribution >= 4 is 17.0 Å². The molecule has 1 unspecified atom stereocenters. The summed E-state index contributed by atoms with van der Waals surface area (Å²) in [5.41, 5.74) is 1.43. The first kappa shape index (κ1) is 19.4. The summed E-state index contributed by atoms with van der Waals surface area (Å²) in [5.74, 6) is 0.586. The number of para-hydroxylation sites is 2. The van der Waals surface area contributed by atoms with Crippen molar-refractivity contribution in [1.82, 2.24) is 14.3 Å². The molecular formula is C22H26N4O3. The Hall–Kier alpha value is -2.90. The number of aliphatic hydroxyl groups excluding tert-OH is 1. The van der Waals surface area contributed by atoms with E-state index < -0.39 is 6.10 Å². The number of anilines is 2. The van der Waals surface area contributed by atoms with Gasteiger partial charge in [0.25, 0.3) is 5.56 Å². The minimum atomic E-state index is -0.561. The molecule has 1 aliphatic heterocycles. The average Bonchev–Trinajstić information content (AvgIpc) is 2.76. The summed E-state index contributed by atoms with van der Waals surface area (Å²) in [4.78, 5) is 19.3. The Morgan fingerprint density at radius 2 is 1.86 bits per heavy atom. The molecule has 7 heteroatoms. The maximum Gasteiger partial charge on any atom is 0.281 e. The number of nitrogens with one attached hydrogen (secondary N) is 1. The fourth-order valence-corrected chi connectivity index (χ4v) is 3.63. The second kappa shape index (κ2) is 9.07. The third kappa shape index (κ3) is 4.75. The Balaban J connectivity index is 1.44. The lowest BCUT2D eigenvalue weighted by molar-refractivity contribution is 0.0619. The summed E-state index contributed by atoms with van der Waals surface area (Å²) in [5, 5.41) is 13.5. The van der Waals surface area contributed by atoms with E-state index in [0.717, 1.165) is 13.1 Å². The van der Waals surface area contributed by atoms with Crippen LogP contribution in [0.5, 0.6) is 5.75 Å². The Bertz CT molecular complexity index is 1010. The van der Waals surface area contributed by atoms with Gasteiger partial charge in [0.2, 0.25) is 0 Å². The lowest BCUT2D eigenvalue weighted by Crippen LogP contribution is -2.38. The van der Waals surface area contributed by atoms with E-state index in [1.54, 1.807) is 18.3 Å². The number of nitrogens with zero attached hydrogens (tertiary/aromatic N) is 3. The van der Waals surface area contributed by atoms with Crippen LogP contribution in [-0.4, -0.2) is 51.7 Å². The molecule has 0 aliphatic carbocycles. The van der Waals surface area contributed by atoms with Gasteiger partial charge in [0.1, 0.15) is 29.8 Å². The van der Waals surface area contributed by atoms with Crippen LogP contribution in [0.15, 0.2) is 59.7 Å². The normalized spacial score (nSPS) is 15.9. The van der Waals surface area contributed by atoms with Gasteiger partial charge in [-0.25, -0.2) is 4.98 Å². The Morgan fingerprint density at radius 1 is 1.07 bits per heavy atom. The molecule has 7 nitrogen and oxygen atoms in total. The molecule has 2 N–H and O–H groups in total. The number of fused-ring (bicyclic) bond motifs is 1. The van der Waals surface area contributed by atoms with Gasteiger partial charge in [-0.05, 0) is 50.2 Å². The number of hydrogen-bond donors (Lipinski definition) is 2. The largest absolute Gasteiger partial charge is 0.489 e. The standard InChI is InChI=1S/C22H26N4O3/c27-17(15-25-11-5-1-6-12-25)16-29-20-9-3-2-8-18(20)24-19-14-23-21-10-4-7-13-26(21)22(19)28/h2-4,7-10,13-14,17,24,27H,1,5-6,11-12,15-16H2. The van der Waals surface area contributed by atoms with Gasteiger partial charge in [0, 0.05) is 12.7 Å². The number of likely N-dealkylation sites (tertiary alicyclic amines) is 1. The van der Waals surface area contributed by atoms with Crippen LogP contribution in [0, 0.1) is 0 Å². The van der Waals surface area contributed by atoms with Crippen LogP contribution in [-0.2, 0) is 0 Å². The SMILES string of the molecule is O=c1c(Nc2ccccc2OCC(O)CN2CCCCC2)cnc2ccccn12. The number of rotatable bonds is 7. The van der Waals surface area contributed by atoms with Crippen molar-refractivity contribution in [3.05, 3.63) is 65.2 Å². The first-order chi connectivity index (χ1) is 14.2. The number of β-amino-alcohol motifs (C(OH)–C–C–N with tert-alkyl or cyclic N) is 1. The molecule has 1 atom stereocenters. The molecule has 4 rings (SSSR count). The van der Waals surface area contributed by atoms with Crippen molar-refractivity contribution in [3.8, 4) is 5.75 Å². The molecule has 29 heavy (non-hydrogen) atoms. The lowest BCUT2D eigenvalue weighted by atomic mass is 10.1. The van der Waals surface area contributed by atoms with E-state index in [2.05, 4.69) is 15.2 Å². The highest BCUT2D eigenvalue weighted by molar-refractivity contribution is 5.65. The lowest BCUT2D eigenvalue weighted by Gasteiger charge is -2.28. The van der Waals surface area contributed by atoms with Crippen molar-refractivity contribution in [2.45, 2.75) is 25.4 Å². The minimum absolute atomic E-state index is 0.185. The Morgan fingerprint density at radius 3 is 2.72 bits per heavy atom. The zero-order valence-corrected chi connectivity index (χ0v) is 16.3. The van der Waals surface area contributed by atoms with E-state index in [1.807, 2.05) is 30.3 Å². The van der Waals surface area contributed by atoms with Crippen molar-refractivity contribution < 1.29 is 9.84 Å². The number of ether oxygens (including phenoxy) is 1. The topological polar surface area (TPSA) is 79.1 Å². The molecule has 0 radical (unpaired) electrons. The van der Waals surface area contributed by atoms with Gasteiger partial charge < -0.3 is 20.1 Å². The number of aliphatic hydroxyl groups is 1. The van der Waals surface area contributed by atoms with Crippen LogP contribution in [0.3, 0.4) is 0 Å². The Labute approximate surface area is 169 Å². The number of hydrogen-bond acceptors (Lipinski definition) is 6. The van der Waals surface area contributed by atoms with Crippen molar-refractivity contribution in [3.63, 3.8) is 0 Å². The number of pyridine rings is 1. The third-order valence-corrected chi connectivity index (χ3v) is 5.12. The molecule has 3 aromatic rings. The zero-order valence-electron chi connectivity index (χ0n) is 16.3. The first-order valence-electron chi connectivity index (χ1n) is 10.1. The molecule has 1 saturated heterocycles. The van der Waals surface area contributed by atoms with Gasteiger partial charge in [-0.3, -0.25) is 9.20 Å². The highest BCUT2D eigenvalue weighted by Gasteiger charge is 2.16. The summed E-state index contributed by atoms with van der Waals surface area (Å²) in [6.45, 7) is 2.89. The zero-order chi connectivity index (χ0) is 20.1. The second-order valence-corrected chi connectivity index (χ2v) is 7.35. The van der Waals surface area contributed by atoms with Crippen LogP contribution >= 0.6 is 0 Å². The van der Waals surface area contributed by atoms with Gasteiger partial charge in [-0.1, -0.05) is 24.6 Å². The summed E-state index contributed by atoms with van der Waals surface area (Å²) in [6, 6.07) is 12.8. The molecule has 2 aromatic heterocycles. The summed E-state index contributed by atoms with van der Waals surface area (Å²) in [7, 11) is 0. The molecular weight excluding hydrogens is 368 g/mol. The van der Waals surface area contributed by atoms with Gasteiger partial charge in [-0.15, -0.1) is 0 Å². The smallest absolute Gasteiger partial charge is 0.281 e. The van der Waals surface area contributed by atoms with E-state index in [-0.39, 0.29) is 12.2 Å². The summed E-state index contributed by atoms with van der Waals surface area (Å²) < 4.78 is 7.37. The van der Waals surface area contributed by atoms with Crippen molar-refractivity contribution in [1.29, 1.82) is 0 Å². The monoisotopic (exact) mass is 394 g/mol. The van der Waals surface area contributed by atoms with E-state index in [4.69, 9.17) is 4.74 Å². The highest BCUT2D eigenvalue weighted by atomic mass is 16.5. The van der Waals surface area contributed by atoms with Gasteiger partial charge in [0.05, 0.1) is 11.9 Å². The van der Waals surface area contributed by atoms with E-state index in [9.17, 15) is 9.90 Å². The molecule has 0 saturated carbocycles. The molecule has 1 aliphatic rings. The second-order valence-electron chi connectivity index (χ2n) is 7.35. The number of aromatic nitrogens is 2. The predicted molar refractivity (Wildman–Crippen MR) is 113 cm³/mol. The molecule has 0 bridgehead atoms. The van der Waals surface area contributed by atoms with Gasteiger partial charge in [-0.2, -0.15) is 0 Å². The Kier molecular flexibility index (Phi) is 6.07. The predicted octanol–water partition coefficient (Wildman–Crippen LogP) is 2.66. The van der Waals surface area contributed by atoms with E-state index >= 15 is 0 Å². The minimum Gasteiger partial charge on any atom is -0.489 e. The quantitative estimate of drug-likeness (QED) is 0.641. The molecule has 3 heterocycles. The summed E-state index contributed by atoms with van der Waals surface area (Å²) in [6.07, 6.45) is 6.31. The molecule has 0 amide bonds. The summed E-state index contributed by atoms with van der Waals surface area (Å²) >= 11 is 0. The molecule has 1 aromatic carbocycles. The first-order valence-corrected chi connectivity index (χ1v) is 10.1. The molecule has 152 valence electrons. The van der Waals surface area contributed by atoms with Crippen LogP contribution in [0.4, 0.5) is 11.4 Å². The van der Waals surface area contributed by atoms with E-state index in [0.29, 0.717) is 29.3 Å². The van der Waals surface area contributed by atoms with Crippen LogP contribution in [0.2, 0.25) is 0 Å². The average molecular weight is 394 g/mol. The van der Waals surface area contributed by atoms with E-state index in [1.165, 1.54) is 29.9 Å². The van der Waals surface area contributed by atoms with Crippen molar-refractivity contribution in [2.75, 3.05) is 31.6 Å². The maximum atomic E-state index is 12.7. The van der Waals surface area contributed by atoms with Gasteiger partial charge >= 0.3 is 0 Å². The fourth-order valence-electron chi connectivity index (χ4n) is 3.63. The molecule has 1 fully saturated rings. The highest BCUT2D eigenvalue weighted by Crippen LogP contribution is 2.26. The van der Waals surface area contributed by atoms with Crippen LogP contribution in [0.1, 0.15) is 19.3 Å². The van der Waals surface area contributed by atoms with Gasteiger partial charge in [0.15, 0.2) is 0 Å². The number of benzene rings is 1. The maximum absolute atomic E-state index is 12.7.